The minimum Gasteiger partial charge on any atom is -0.482 e. The molecule has 0 bridgehead atoms. The van der Waals surface area contributed by atoms with Crippen LogP contribution in [0.15, 0.2) is 170 Å². The van der Waals surface area contributed by atoms with E-state index >= 15 is 0 Å². The lowest BCUT2D eigenvalue weighted by molar-refractivity contribution is 0.106. The summed E-state index contributed by atoms with van der Waals surface area (Å²) in [6.07, 6.45) is 0. The molecule has 0 spiro atoms. The molecule has 1 aliphatic heterocycles. The number of hydrogen-bond donors (Lipinski definition) is 0. The summed E-state index contributed by atoms with van der Waals surface area (Å²) in [5, 5.41) is 0. The van der Waals surface area contributed by atoms with E-state index in [2.05, 4.69) is 122 Å². The van der Waals surface area contributed by atoms with Gasteiger partial charge in [-0.3, -0.25) is 0 Å². The molecule has 5 heteroatoms. The zero-order valence-corrected chi connectivity index (χ0v) is 29.9. The summed E-state index contributed by atoms with van der Waals surface area (Å²) in [5.74, 6) is 2.61. The van der Waals surface area contributed by atoms with Gasteiger partial charge in [-0.1, -0.05) is 146 Å². The molecule has 0 unspecified atom stereocenters. The third kappa shape index (κ3) is 6.21. The molecule has 2 heterocycles. The Hall–Kier alpha value is -7.16. The molecule has 1 aromatic heterocycles. The molecule has 256 valence electrons. The fraction of sp³-hybridized carbons (Fsp3) is 0.0612. The van der Waals surface area contributed by atoms with E-state index in [-0.39, 0.29) is 0 Å². The Morgan fingerprint density at radius 2 is 0.889 bits per heavy atom. The first-order valence-electron chi connectivity index (χ1n) is 18.0. The number of fused-ring (bicyclic) bond motifs is 3. The maximum atomic E-state index is 7.35. The minimum atomic E-state index is -0.477. The molecular formula is C49H34N4O. The summed E-state index contributed by atoms with van der Waals surface area (Å²) >= 11 is 0. The number of aromatic nitrogens is 3. The standard InChI is InChI=1S/C49H34N4O/c1-49(2)44-27-23-38(32-12-6-4-7-13-32)30-43(44)42-26-22-39(31-45(42)54-49)36-17-10-16-35(28-36)37-18-11-19-40(29-37)48-52-46(33-14-8-5-9-15-33)51-47(53-48)34-20-24-41(50-3)25-21-34/h4-31H,1-2H3. The largest absolute Gasteiger partial charge is 0.482 e. The van der Waals surface area contributed by atoms with Gasteiger partial charge in [-0.25, -0.2) is 19.8 Å². The predicted molar refractivity (Wildman–Crippen MR) is 218 cm³/mol. The van der Waals surface area contributed by atoms with Crippen LogP contribution in [0.2, 0.25) is 0 Å². The van der Waals surface area contributed by atoms with Crippen molar-refractivity contribution in [3.63, 3.8) is 0 Å². The van der Waals surface area contributed by atoms with Gasteiger partial charge in [-0.15, -0.1) is 0 Å². The monoisotopic (exact) mass is 694 g/mol. The lowest BCUT2D eigenvalue weighted by Crippen LogP contribution is -2.29. The zero-order valence-electron chi connectivity index (χ0n) is 29.9. The van der Waals surface area contributed by atoms with Gasteiger partial charge in [0.2, 0.25) is 0 Å². The van der Waals surface area contributed by atoms with Crippen molar-refractivity contribution >= 4 is 5.69 Å². The van der Waals surface area contributed by atoms with Crippen LogP contribution in [-0.4, -0.2) is 15.0 Å². The van der Waals surface area contributed by atoms with E-state index in [1.165, 1.54) is 22.3 Å². The SMILES string of the molecule is [C-]#[N+]c1ccc(-c2nc(-c3ccccc3)nc(-c3cccc(-c4cccc(-c5ccc6c(c5)OC(C)(C)c5ccc(-c7ccccc7)cc5-6)c4)c3)n2)cc1. The van der Waals surface area contributed by atoms with Crippen LogP contribution in [0.3, 0.4) is 0 Å². The van der Waals surface area contributed by atoms with Gasteiger partial charge >= 0.3 is 0 Å². The molecule has 0 amide bonds. The average Bonchev–Trinajstić information content (AvgIpc) is 3.24. The van der Waals surface area contributed by atoms with Crippen molar-refractivity contribution in [2.45, 2.75) is 19.4 Å². The van der Waals surface area contributed by atoms with Crippen LogP contribution in [0, 0.1) is 6.57 Å². The van der Waals surface area contributed by atoms with Gasteiger partial charge in [-0.2, -0.15) is 0 Å². The third-order valence-electron chi connectivity index (χ3n) is 9.98. The van der Waals surface area contributed by atoms with E-state index in [0.29, 0.717) is 23.2 Å². The van der Waals surface area contributed by atoms with Crippen LogP contribution >= 0.6 is 0 Å². The number of nitrogens with zero attached hydrogens (tertiary/aromatic N) is 4. The molecule has 5 nitrogen and oxygen atoms in total. The highest BCUT2D eigenvalue weighted by Gasteiger charge is 2.33. The molecule has 0 saturated heterocycles. The molecule has 0 radical (unpaired) electrons. The highest BCUT2D eigenvalue weighted by atomic mass is 16.5. The molecule has 54 heavy (non-hydrogen) atoms. The van der Waals surface area contributed by atoms with Crippen molar-refractivity contribution in [3.8, 4) is 84.4 Å². The van der Waals surface area contributed by atoms with Crippen LogP contribution in [0.25, 0.3) is 83.5 Å². The summed E-state index contributed by atoms with van der Waals surface area (Å²) in [7, 11) is 0. The summed E-state index contributed by atoms with van der Waals surface area (Å²) in [5.41, 5.74) is 12.9. The summed E-state index contributed by atoms with van der Waals surface area (Å²) < 4.78 is 6.70. The van der Waals surface area contributed by atoms with Crippen molar-refractivity contribution in [1.29, 1.82) is 0 Å². The second kappa shape index (κ2) is 13.4. The van der Waals surface area contributed by atoms with Crippen LogP contribution < -0.4 is 4.74 Å². The van der Waals surface area contributed by atoms with Gasteiger partial charge in [0.05, 0.1) is 6.57 Å². The predicted octanol–water partition coefficient (Wildman–Crippen LogP) is 12.7. The quantitative estimate of drug-likeness (QED) is 0.163. The minimum absolute atomic E-state index is 0.477. The van der Waals surface area contributed by atoms with Gasteiger partial charge in [0.25, 0.3) is 0 Å². The summed E-state index contributed by atoms with van der Waals surface area (Å²) in [6.45, 7) is 11.6. The third-order valence-corrected chi connectivity index (χ3v) is 9.98. The summed E-state index contributed by atoms with van der Waals surface area (Å²) in [6, 6.07) is 58.0. The molecule has 0 N–H and O–H groups in total. The Labute approximate surface area is 315 Å². The van der Waals surface area contributed by atoms with E-state index in [0.717, 1.165) is 50.3 Å². The maximum Gasteiger partial charge on any atom is 0.187 e. The van der Waals surface area contributed by atoms with Crippen molar-refractivity contribution < 1.29 is 4.74 Å². The molecule has 0 atom stereocenters. The van der Waals surface area contributed by atoms with Crippen molar-refractivity contribution in [3.05, 3.63) is 187 Å². The number of hydrogen-bond acceptors (Lipinski definition) is 4. The Morgan fingerprint density at radius 1 is 0.426 bits per heavy atom. The zero-order chi connectivity index (χ0) is 36.6. The number of benzene rings is 7. The molecule has 0 aliphatic carbocycles. The van der Waals surface area contributed by atoms with Crippen LogP contribution in [0.4, 0.5) is 5.69 Å². The normalized spacial score (nSPS) is 12.5. The van der Waals surface area contributed by atoms with E-state index in [9.17, 15) is 0 Å². The molecule has 8 aromatic rings. The van der Waals surface area contributed by atoms with Crippen molar-refractivity contribution in [1.82, 2.24) is 15.0 Å². The smallest absolute Gasteiger partial charge is 0.187 e. The van der Waals surface area contributed by atoms with Gasteiger partial charge in [0.15, 0.2) is 23.2 Å². The highest BCUT2D eigenvalue weighted by molar-refractivity contribution is 5.84. The Bertz CT molecular complexity index is 2710. The second-order valence-electron chi connectivity index (χ2n) is 13.9. The lowest BCUT2D eigenvalue weighted by Gasteiger charge is -2.35. The summed E-state index contributed by atoms with van der Waals surface area (Å²) in [4.78, 5) is 18.2. The topological polar surface area (TPSA) is 52.3 Å². The highest BCUT2D eigenvalue weighted by Crippen LogP contribution is 2.47. The van der Waals surface area contributed by atoms with Gasteiger partial charge in [0.1, 0.15) is 11.4 Å². The Morgan fingerprint density at radius 3 is 1.52 bits per heavy atom. The first kappa shape index (κ1) is 32.7. The molecule has 0 saturated carbocycles. The first-order chi connectivity index (χ1) is 26.4. The van der Waals surface area contributed by atoms with E-state index in [1.807, 2.05) is 54.6 Å². The van der Waals surface area contributed by atoms with Gasteiger partial charge in [0, 0.05) is 27.8 Å². The van der Waals surface area contributed by atoms with E-state index < -0.39 is 5.60 Å². The molecule has 7 aromatic carbocycles. The molecule has 1 aliphatic rings. The van der Waals surface area contributed by atoms with Crippen LogP contribution in [0.1, 0.15) is 19.4 Å². The van der Waals surface area contributed by atoms with Gasteiger partial charge in [-0.05, 0) is 77.1 Å². The average molecular weight is 695 g/mol. The van der Waals surface area contributed by atoms with E-state index in [1.54, 1.807) is 12.1 Å². The Kier molecular flexibility index (Phi) is 8.14. The van der Waals surface area contributed by atoms with Crippen molar-refractivity contribution in [2.24, 2.45) is 0 Å². The van der Waals surface area contributed by atoms with E-state index in [4.69, 9.17) is 26.3 Å². The van der Waals surface area contributed by atoms with Crippen molar-refractivity contribution in [2.75, 3.05) is 0 Å². The Balaban J connectivity index is 1.07. The fourth-order valence-corrected chi connectivity index (χ4v) is 7.19. The van der Waals surface area contributed by atoms with Crippen LogP contribution in [0.5, 0.6) is 5.75 Å². The molecule has 0 fully saturated rings. The fourth-order valence-electron chi connectivity index (χ4n) is 7.19. The maximum absolute atomic E-state index is 7.35. The lowest BCUT2D eigenvalue weighted by atomic mass is 9.83. The first-order valence-corrected chi connectivity index (χ1v) is 18.0. The second-order valence-corrected chi connectivity index (χ2v) is 13.9. The molecule has 9 rings (SSSR count). The van der Waals surface area contributed by atoms with Crippen LogP contribution in [-0.2, 0) is 5.60 Å². The number of rotatable bonds is 6. The molecular weight excluding hydrogens is 661 g/mol. The number of ether oxygens (including phenoxy) is 1. The van der Waals surface area contributed by atoms with Gasteiger partial charge < -0.3 is 4.74 Å².